The van der Waals surface area contributed by atoms with Gasteiger partial charge in [0.2, 0.25) is 0 Å². The summed E-state index contributed by atoms with van der Waals surface area (Å²) in [6.07, 6.45) is 0.645. The first-order valence-corrected chi connectivity index (χ1v) is 6.47. The van der Waals surface area contributed by atoms with Gasteiger partial charge in [-0.25, -0.2) is 9.59 Å². The van der Waals surface area contributed by atoms with E-state index in [-0.39, 0.29) is 17.0 Å². The molecule has 0 bridgehead atoms. The van der Waals surface area contributed by atoms with Crippen LogP contribution in [0.5, 0.6) is 0 Å². The van der Waals surface area contributed by atoms with Gasteiger partial charge in [-0.3, -0.25) is 0 Å². The lowest BCUT2D eigenvalue weighted by atomic mass is 9.81. The molecule has 5 nitrogen and oxygen atoms in total. The third kappa shape index (κ3) is 2.99. The molecule has 0 aliphatic heterocycles. The van der Waals surface area contributed by atoms with Crippen molar-refractivity contribution in [3.8, 4) is 0 Å². The number of rotatable bonds is 5. The molecule has 0 aliphatic carbocycles. The van der Waals surface area contributed by atoms with E-state index in [1.54, 1.807) is 13.8 Å². The first kappa shape index (κ1) is 16.2. The fourth-order valence-corrected chi connectivity index (χ4v) is 2.28. The van der Waals surface area contributed by atoms with E-state index in [0.29, 0.717) is 17.5 Å². The lowest BCUT2D eigenvalue weighted by Gasteiger charge is -2.26. The first-order chi connectivity index (χ1) is 9.11. The van der Waals surface area contributed by atoms with E-state index in [9.17, 15) is 19.8 Å². The van der Waals surface area contributed by atoms with Gasteiger partial charge < -0.3 is 15.3 Å². The summed E-state index contributed by atoms with van der Waals surface area (Å²) >= 11 is 0. The molecule has 0 aliphatic rings. The van der Waals surface area contributed by atoms with Crippen molar-refractivity contribution in [3.63, 3.8) is 0 Å². The van der Waals surface area contributed by atoms with Crippen LogP contribution in [0.4, 0.5) is 0 Å². The number of aliphatic hydroxyl groups is 1. The average molecular weight is 280 g/mol. The zero-order chi connectivity index (χ0) is 15.7. The summed E-state index contributed by atoms with van der Waals surface area (Å²) in [7, 11) is 0. The van der Waals surface area contributed by atoms with E-state index in [1.807, 2.05) is 13.8 Å². The molecule has 1 atom stereocenters. The molecule has 1 aromatic carbocycles. The van der Waals surface area contributed by atoms with E-state index in [4.69, 9.17) is 5.11 Å². The van der Waals surface area contributed by atoms with Crippen molar-refractivity contribution >= 4 is 11.9 Å². The minimum Gasteiger partial charge on any atom is -0.478 e. The Balaban J connectivity index is 3.80. The Hall–Kier alpha value is -1.88. The molecule has 0 saturated heterocycles. The van der Waals surface area contributed by atoms with Crippen LogP contribution < -0.4 is 0 Å². The molecular formula is C15H20O5. The number of hydrogen-bond donors (Lipinski definition) is 3. The lowest BCUT2D eigenvalue weighted by molar-refractivity contribution is 0.0642. The van der Waals surface area contributed by atoms with Crippen molar-refractivity contribution in [1.82, 2.24) is 0 Å². The average Bonchev–Trinajstić information content (AvgIpc) is 2.34. The van der Waals surface area contributed by atoms with Crippen molar-refractivity contribution < 1.29 is 24.9 Å². The van der Waals surface area contributed by atoms with Crippen LogP contribution in [0.3, 0.4) is 0 Å². The maximum atomic E-state index is 11.5. The number of aromatic carboxylic acids is 2. The second kappa shape index (κ2) is 5.63. The van der Waals surface area contributed by atoms with E-state index < -0.39 is 17.5 Å². The van der Waals surface area contributed by atoms with Crippen LogP contribution >= 0.6 is 0 Å². The minimum atomic E-state index is -1.29. The van der Waals surface area contributed by atoms with Gasteiger partial charge in [-0.1, -0.05) is 19.9 Å². The molecule has 3 N–H and O–H groups in total. The maximum Gasteiger partial charge on any atom is 0.336 e. The zero-order valence-electron chi connectivity index (χ0n) is 12.1. The van der Waals surface area contributed by atoms with Crippen molar-refractivity contribution in [2.45, 2.75) is 45.6 Å². The standard InChI is InChI=1S/C15H20O5/c1-5-8(2)11-10(15(3,4)20)7-6-9(13(16)17)12(11)14(18)19/h6-8,20H,5H2,1-4H3,(H,16,17)(H,18,19). The van der Waals surface area contributed by atoms with E-state index >= 15 is 0 Å². The zero-order valence-corrected chi connectivity index (χ0v) is 12.1. The summed E-state index contributed by atoms with van der Waals surface area (Å²) in [6, 6.07) is 2.74. The van der Waals surface area contributed by atoms with E-state index in [0.717, 1.165) is 0 Å². The second-order valence-corrected chi connectivity index (χ2v) is 5.43. The fourth-order valence-electron chi connectivity index (χ4n) is 2.28. The van der Waals surface area contributed by atoms with Gasteiger partial charge >= 0.3 is 11.9 Å². The first-order valence-electron chi connectivity index (χ1n) is 6.47. The summed E-state index contributed by atoms with van der Waals surface area (Å²) in [5.74, 6) is -2.74. The molecular weight excluding hydrogens is 260 g/mol. The van der Waals surface area contributed by atoms with Gasteiger partial charge in [0.1, 0.15) is 0 Å². The molecule has 20 heavy (non-hydrogen) atoms. The molecule has 110 valence electrons. The summed E-state index contributed by atoms with van der Waals surface area (Å²) in [6.45, 7) is 6.82. The molecule has 0 heterocycles. The third-order valence-corrected chi connectivity index (χ3v) is 3.45. The van der Waals surface area contributed by atoms with Crippen LogP contribution in [0.2, 0.25) is 0 Å². The number of carboxylic acid groups (broad SMARTS) is 2. The minimum absolute atomic E-state index is 0.165. The predicted octanol–water partition coefficient (Wildman–Crippen LogP) is 2.82. The molecule has 1 rings (SSSR count). The molecule has 1 aromatic rings. The van der Waals surface area contributed by atoms with Crippen LogP contribution in [-0.4, -0.2) is 27.3 Å². The van der Waals surface area contributed by atoms with Gasteiger partial charge in [-0.05, 0) is 43.4 Å². The normalized spacial score (nSPS) is 13.1. The number of carboxylic acids is 2. The highest BCUT2D eigenvalue weighted by atomic mass is 16.4. The van der Waals surface area contributed by atoms with Crippen LogP contribution in [0.1, 0.15) is 71.9 Å². The van der Waals surface area contributed by atoms with Crippen LogP contribution in [0, 0.1) is 0 Å². The Kier molecular flexibility index (Phi) is 4.55. The largest absolute Gasteiger partial charge is 0.478 e. The Morgan fingerprint density at radius 3 is 2.10 bits per heavy atom. The summed E-state index contributed by atoms with van der Waals surface area (Å²) in [4.78, 5) is 22.7. The number of carbonyl (C=O) groups is 2. The quantitative estimate of drug-likeness (QED) is 0.771. The maximum absolute atomic E-state index is 11.5. The monoisotopic (exact) mass is 280 g/mol. The Morgan fingerprint density at radius 2 is 1.75 bits per heavy atom. The van der Waals surface area contributed by atoms with Crippen molar-refractivity contribution in [2.75, 3.05) is 0 Å². The SMILES string of the molecule is CCC(C)c1c(C(C)(C)O)ccc(C(=O)O)c1C(=O)O. The number of benzene rings is 1. The van der Waals surface area contributed by atoms with E-state index in [2.05, 4.69) is 0 Å². The Bertz CT molecular complexity index is 540. The molecule has 0 saturated carbocycles. The third-order valence-electron chi connectivity index (χ3n) is 3.45. The van der Waals surface area contributed by atoms with Crippen molar-refractivity contribution in [2.24, 2.45) is 0 Å². The molecule has 0 aromatic heterocycles. The van der Waals surface area contributed by atoms with Crippen molar-refractivity contribution in [1.29, 1.82) is 0 Å². The molecule has 0 radical (unpaired) electrons. The van der Waals surface area contributed by atoms with Gasteiger partial charge in [0, 0.05) is 0 Å². The van der Waals surface area contributed by atoms with Gasteiger partial charge in [0.05, 0.1) is 16.7 Å². The van der Waals surface area contributed by atoms with Gasteiger partial charge in [0.15, 0.2) is 0 Å². The highest BCUT2D eigenvalue weighted by Crippen LogP contribution is 2.35. The Morgan fingerprint density at radius 1 is 1.20 bits per heavy atom. The highest BCUT2D eigenvalue weighted by Gasteiger charge is 2.30. The summed E-state index contributed by atoms with van der Waals surface area (Å²) < 4.78 is 0. The topological polar surface area (TPSA) is 94.8 Å². The molecule has 0 fully saturated rings. The van der Waals surface area contributed by atoms with Crippen molar-refractivity contribution in [3.05, 3.63) is 34.4 Å². The molecule has 0 spiro atoms. The van der Waals surface area contributed by atoms with Crippen LogP contribution in [0.25, 0.3) is 0 Å². The van der Waals surface area contributed by atoms with Crippen LogP contribution in [-0.2, 0) is 5.60 Å². The fraction of sp³-hybridized carbons (Fsp3) is 0.467. The highest BCUT2D eigenvalue weighted by molar-refractivity contribution is 6.03. The molecule has 0 amide bonds. The van der Waals surface area contributed by atoms with Gasteiger partial charge in [-0.15, -0.1) is 0 Å². The Labute approximate surface area is 117 Å². The van der Waals surface area contributed by atoms with Crippen LogP contribution in [0.15, 0.2) is 12.1 Å². The number of hydrogen-bond acceptors (Lipinski definition) is 3. The van der Waals surface area contributed by atoms with Gasteiger partial charge in [0.25, 0.3) is 0 Å². The lowest BCUT2D eigenvalue weighted by Crippen LogP contribution is -2.23. The predicted molar refractivity (Wildman–Crippen MR) is 74.3 cm³/mol. The molecule has 1 unspecified atom stereocenters. The summed E-state index contributed by atoms with van der Waals surface area (Å²) in [5.41, 5.74) is -0.867. The second-order valence-electron chi connectivity index (χ2n) is 5.43. The van der Waals surface area contributed by atoms with E-state index in [1.165, 1.54) is 12.1 Å². The van der Waals surface area contributed by atoms with Gasteiger partial charge in [-0.2, -0.15) is 0 Å². The summed E-state index contributed by atoms with van der Waals surface area (Å²) in [5, 5.41) is 28.8. The molecule has 5 heteroatoms. The smallest absolute Gasteiger partial charge is 0.336 e.